The van der Waals surface area contributed by atoms with E-state index in [1.54, 1.807) is 24.3 Å². The molecule has 0 atom stereocenters. The van der Waals surface area contributed by atoms with Crippen LogP contribution in [0.1, 0.15) is 42.3 Å². The Morgan fingerprint density at radius 2 is 1.66 bits per heavy atom. The molecule has 0 saturated carbocycles. The Morgan fingerprint density at radius 3 is 2.31 bits per heavy atom. The third-order valence-corrected chi connectivity index (χ3v) is 6.25. The average Bonchev–Trinajstić information content (AvgIpc) is 2.75. The van der Waals surface area contributed by atoms with Gasteiger partial charge >= 0.3 is 5.97 Å². The first-order valence-corrected chi connectivity index (χ1v) is 11.4. The Balaban J connectivity index is 1.89. The van der Waals surface area contributed by atoms with Crippen molar-refractivity contribution in [2.75, 3.05) is 0 Å². The lowest BCUT2D eigenvalue weighted by Crippen LogP contribution is -2.17. The molecule has 0 spiro atoms. The molecule has 4 rings (SSSR count). The van der Waals surface area contributed by atoms with Crippen LogP contribution in [-0.2, 0) is 5.41 Å². The second-order valence-corrected chi connectivity index (χ2v) is 9.95. The Bertz CT molecular complexity index is 1380. The van der Waals surface area contributed by atoms with Crippen LogP contribution in [0, 0.1) is 10.5 Å². The molecule has 0 fully saturated rings. The number of aryl methyl sites for hydroxylation is 1. The lowest BCUT2D eigenvalue weighted by Gasteiger charge is -2.19. The molecule has 3 aromatic carbocycles. The van der Waals surface area contributed by atoms with Crippen molar-refractivity contribution in [1.29, 1.82) is 0 Å². The molecule has 0 aliphatic carbocycles. The first kappa shape index (κ1) is 22.3. The van der Waals surface area contributed by atoms with Gasteiger partial charge in [0.15, 0.2) is 5.76 Å². The molecule has 0 amide bonds. The molecule has 0 radical (unpaired) electrons. The molecule has 4 nitrogen and oxygen atoms in total. The van der Waals surface area contributed by atoms with Crippen molar-refractivity contribution >= 4 is 39.5 Å². The molecule has 0 aliphatic rings. The number of carbonyl (C=O) groups is 1. The van der Waals surface area contributed by atoms with E-state index < -0.39 is 5.97 Å². The molecular formula is C27H23IO4. The van der Waals surface area contributed by atoms with E-state index in [1.807, 2.05) is 49.4 Å². The largest absolute Gasteiger partial charge is 0.452 e. The molecule has 162 valence electrons. The van der Waals surface area contributed by atoms with Gasteiger partial charge < -0.3 is 9.15 Å². The summed E-state index contributed by atoms with van der Waals surface area (Å²) in [5, 5.41) is 0.380. The summed E-state index contributed by atoms with van der Waals surface area (Å²) < 4.78 is 12.6. The molecule has 0 bridgehead atoms. The quantitative estimate of drug-likeness (QED) is 0.211. The van der Waals surface area contributed by atoms with E-state index in [0.29, 0.717) is 22.1 Å². The number of esters is 1. The van der Waals surface area contributed by atoms with E-state index in [1.165, 1.54) is 0 Å². The predicted octanol–water partition coefficient (Wildman–Crippen LogP) is 6.89. The zero-order valence-electron chi connectivity index (χ0n) is 18.4. The summed E-state index contributed by atoms with van der Waals surface area (Å²) in [6.45, 7) is 8.30. The monoisotopic (exact) mass is 538 g/mol. The number of benzene rings is 3. The molecule has 1 heterocycles. The first-order valence-electron chi connectivity index (χ1n) is 10.3. The Hall–Kier alpha value is -2.93. The van der Waals surface area contributed by atoms with E-state index in [0.717, 1.165) is 14.7 Å². The van der Waals surface area contributed by atoms with Crippen molar-refractivity contribution in [2.45, 2.75) is 33.1 Å². The van der Waals surface area contributed by atoms with Crippen LogP contribution < -0.4 is 10.2 Å². The van der Waals surface area contributed by atoms with Gasteiger partial charge in [0.25, 0.3) is 0 Å². The van der Waals surface area contributed by atoms with Gasteiger partial charge in [-0.05, 0) is 64.8 Å². The predicted molar refractivity (Wildman–Crippen MR) is 135 cm³/mol. The highest BCUT2D eigenvalue weighted by molar-refractivity contribution is 14.1. The lowest BCUT2D eigenvalue weighted by molar-refractivity contribution is 0.0730. The molecule has 0 unspecified atom stereocenters. The van der Waals surface area contributed by atoms with Crippen molar-refractivity contribution in [1.82, 2.24) is 0 Å². The standard InChI is InChI=1S/C27H23IO4/c1-16-9-14-22-20(15-16)23(29)25(32-26(30)19-7-5-6-8-21(19)28)24(31-22)17-10-12-18(13-11-17)27(2,3)4/h5-15H,1-4H3. The van der Waals surface area contributed by atoms with Gasteiger partial charge in [-0.1, -0.05) is 68.8 Å². The minimum absolute atomic E-state index is 0.0143. The van der Waals surface area contributed by atoms with Gasteiger partial charge in [0, 0.05) is 9.13 Å². The number of halogens is 1. The summed E-state index contributed by atoms with van der Waals surface area (Å²) in [4.78, 5) is 26.4. The molecule has 0 saturated heterocycles. The second-order valence-electron chi connectivity index (χ2n) is 8.79. The van der Waals surface area contributed by atoms with Crippen LogP contribution >= 0.6 is 22.6 Å². The van der Waals surface area contributed by atoms with Crippen LogP contribution in [-0.4, -0.2) is 5.97 Å². The summed E-state index contributed by atoms with van der Waals surface area (Å²) in [6.07, 6.45) is 0. The fraction of sp³-hybridized carbons (Fsp3) is 0.185. The maximum atomic E-state index is 13.4. The molecular weight excluding hydrogens is 515 g/mol. The van der Waals surface area contributed by atoms with Crippen LogP contribution in [0.5, 0.6) is 5.75 Å². The SMILES string of the molecule is Cc1ccc2oc(-c3ccc(C(C)(C)C)cc3)c(OC(=O)c3ccccc3I)c(=O)c2c1. The number of ether oxygens (including phenoxy) is 1. The number of fused-ring (bicyclic) bond motifs is 1. The zero-order chi connectivity index (χ0) is 23.0. The highest BCUT2D eigenvalue weighted by atomic mass is 127. The molecule has 4 aromatic rings. The molecule has 0 aliphatic heterocycles. The van der Waals surface area contributed by atoms with Crippen LogP contribution in [0.3, 0.4) is 0 Å². The van der Waals surface area contributed by atoms with E-state index in [9.17, 15) is 9.59 Å². The maximum Gasteiger partial charge on any atom is 0.344 e. The van der Waals surface area contributed by atoms with Gasteiger partial charge in [0.2, 0.25) is 11.2 Å². The lowest BCUT2D eigenvalue weighted by atomic mass is 9.86. The first-order chi connectivity index (χ1) is 15.1. The van der Waals surface area contributed by atoms with E-state index in [2.05, 4.69) is 43.4 Å². The van der Waals surface area contributed by atoms with E-state index in [4.69, 9.17) is 9.15 Å². The minimum atomic E-state index is -0.595. The maximum absolute atomic E-state index is 13.4. The number of hydrogen-bond donors (Lipinski definition) is 0. The van der Waals surface area contributed by atoms with Crippen LogP contribution in [0.4, 0.5) is 0 Å². The summed E-state index contributed by atoms with van der Waals surface area (Å²) in [5.41, 5.74) is 3.20. The van der Waals surface area contributed by atoms with E-state index >= 15 is 0 Å². The highest BCUT2D eigenvalue weighted by Gasteiger charge is 2.23. The average molecular weight is 538 g/mol. The molecule has 1 aromatic heterocycles. The van der Waals surface area contributed by atoms with Crippen molar-refractivity contribution in [3.05, 3.63) is 97.2 Å². The van der Waals surface area contributed by atoms with Crippen LogP contribution in [0.15, 0.2) is 75.9 Å². The topological polar surface area (TPSA) is 56.5 Å². The summed E-state index contributed by atoms with van der Waals surface area (Å²) in [5.74, 6) is -0.454. The third-order valence-electron chi connectivity index (χ3n) is 5.31. The number of carbonyl (C=O) groups excluding carboxylic acids is 1. The van der Waals surface area contributed by atoms with Gasteiger partial charge in [0.1, 0.15) is 5.58 Å². The van der Waals surface area contributed by atoms with Crippen molar-refractivity contribution < 1.29 is 13.9 Å². The smallest absolute Gasteiger partial charge is 0.344 e. The fourth-order valence-electron chi connectivity index (χ4n) is 3.47. The highest BCUT2D eigenvalue weighted by Crippen LogP contribution is 2.33. The summed E-state index contributed by atoms with van der Waals surface area (Å²) in [7, 11) is 0. The van der Waals surface area contributed by atoms with Gasteiger partial charge in [0.05, 0.1) is 10.9 Å². The normalized spacial score (nSPS) is 11.5. The van der Waals surface area contributed by atoms with Gasteiger partial charge in [-0.3, -0.25) is 4.79 Å². The summed E-state index contributed by atoms with van der Waals surface area (Å²) in [6, 6.07) is 20.3. The minimum Gasteiger partial charge on any atom is -0.452 e. The van der Waals surface area contributed by atoms with E-state index in [-0.39, 0.29) is 22.4 Å². The molecule has 5 heteroatoms. The third kappa shape index (κ3) is 4.35. The van der Waals surface area contributed by atoms with Crippen LogP contribution in [0.2, 0.25) is 0 Å². The number of hydrogen-bond acceptors (Lipinski definition) is 4. The van der Waals surface area contributed by atoms with Crippen LogP contribution in [0.25, 0.3) is 22.3 Å². The summed E-state index contributed by atoms with van der Waals surface area (Å²) >= 11 is 2.07. The Morgan fingerprint density at radius 1 is 0.969 bits per heavy atom. The second kappa shape index (κ2) is 8.54. The molecule has 0 N–H and O–H groups in total. The number of rotatable bonds is 3. The molecule has 32 heavy (non-hydrogen) atoms. The van der Waals surface area contributed by atoms with Gasteiger partial charge in [-0.25, -0.2) is 4.79 Å². The zero-order valence-corrected chi connectivity index (χ0v) is 20.5. The fourth-order valence-corrected chi connectivity index (χ4v) is 4.08. The van der Waals surface area contributed by atoms with Gasteiger partial charge in [-0.2, -0.15) is 0 Å². The Labute approximate surface area is 200 Å². The Kier molecular flexibility index (Phi) is 5.95. The van der Waals surface area contributed by atoms with Gasteiger partial charge in [-0.15, -0.1) is 0 Å². The van der Waals surface area contributed by atoms with Crippen molar-refractivity contribution in [3.8, 4) is 17.1 Å². The van der Waals surface area contributed by atoms with Crippen molar-refractivity contribution in [3.63, 3.8) is 0 Å². The van der Waals surface area contributed by atoms with Crippen molar-refractivity contribution in [2.24, 2.45) is 0 Å².